The summed E-state index contributed by atoms with van der Waals surface area (Å²) < 4.78 is 17.8. The fourth-order valence-electron chi connectivity index (χ4n) is 3.66. The molecule has 10 heteroatoms. The zero-order valence-corrected chi connectivity index (χ0v) is 20.6. The van der Waals surface area contributed by atoms with Gasteiger partial charge in [-0.2, -0.15) is 0 Å². The number of hydrogen-bond donors (Lipinski definition) is 1. The predicted molar refractivity (Wildman–Crippen MR) is 131 cm³/mol. The van der Waals surface area contributed by atoms with E-state index in [9.17, 15) is 19.2 Å². The molecule has 186 valence electrons. The van der Waals surface area contributed by atoms with Gasteiger partial charge in [0.1, 0.15) is 30.2 Å². The average molecular weight is 484 g/mol. The normalized spacial score (nSPS) is 11.3. The Labute approximate surface area is 202 Å². The number of esters is 1. The highest BCUT2D eigenvalue weighted by molar-refractivity contribution is 5.93. The van der Waals surface area contributed by atoms with Crippen LogP contribution in [0.15, 0.2) is 46.0 Å². The first-order valence-corrected chi connectivity index (χ1v) is 10.9. The molecule has 0 atom stereocenters. The summed E-state index contributed by atoms with van der Waals surface area (Å²) in [4.78, 5) is 51.6. The Bertz CT molecular complexity index is 1400. The minimum absolute atomic E-state index is 0.196. The number of anilines is 1. The van der Waals surface area contributed by atoms with Gasteiger partial charge in [0.25, 0.3) is 5.56 Å². The lowest BCUT2D eigenvalue weighted by atomic mass is 10.2. The van der Waals surface area contributed by atoms with Gasteiger partial charge in [-0.1, -0.05) is 12.1 Å². The molecule has 1 aromatic heterocycles. The molecule has 3 aromatic rings. The smallest absolute Gasteiger partial charge is 0.332 e. The second-order valence-corrected chi connectivity index (χ2v) is 8.93. The molecular formula is C25H29N3O7. The summed E-state index contributed by atoms with van der Waals surface area (Å²) in [6, 6.07) is 9.74. The topological polar surface area (TPSA) is 118 Å². The summed E-state index contributed by atoms with van der Waals surface area (Å²) in [5, 5.41) is 2.94. The van der Waals surface area contributed by atoms with Crippen LogP contribution in [0.1, 0.15) is 26.3 Å². The summed E-state index contributed by atoms with van der Waals surface area (Å²) in [6.07, 6.45) is 0. The van der Waals surface area contributed by atoms with Crippen molar-refractivity contribution in [2.75, 3.05) is 19.5 Å². The number of amides is 1. The van der Waals surface area contributed by atoms with Crippen molar-refractivity contribution in [1.82, 2.24) is 9.13 Å². The van der Waals surface area contributed by atoms with Crippen molar-refractivity contribution in [2.45, 2.75) is 46.4 Å². The number of hydrogen-bond acceptors (Lipinski definition) is 7. The highest BCUT2D eigenvalue weighted by Crippen LogP contribution is 2.32. The van der Waals surface area contributed by atoms with Crippen LogP contribution >= 0.6 is 0 Å². The zero-order valence-electron chi connectivity index (χ0n) is 20.6. The molecule has 0 aliphatic heterocycles. The molecular weight excluding hydrogens is 454 g/mol. The van der Waals surface area contributed by atoms with E-state index in [1.54, 1.807) is 51.1 Å². The third-order valence-corrected chi connectivity index (χ3v) is 5.13. The van der Waals surface area contributed by atoms with E-state index in [-0.39, 0.29) is 10.9 Å². The maximum absolute atomic E-state index is 13.3. The van der Waals surface area contributed by atoms with Crippen LogP contribution in [0.2, 0.25) is 0 Å². The number of nitrogens with one attached hydrogen (secondary N) is 1. The van der Waals surface area contributed by atoms with Gasteiger partial charge in [0.05, 0.1) is 30.8 Å². The van der Waals surface area contributed by atoms with E-state index in [1.807, 2.05) is 6.92 Å². The molecule has 0 radical (unpaired) electrons. The number of para-hydroxylation sites is 1. The minimum Gasteiger partial charge on any atom is -0.496 e. The number of nitrogens with zero attached hydrogens (tertiary/aromatic N) is 2. The predicted octanol–water partition coefficient (Wildman–Crippen LogP) is 2.47. The van der Waals surface area contributed by atoms with Crippen LogP contribution in [0.25, 0.3) is 10.9 Å². The lowest BCUT2D eigenvalue weighted by molar-refractivity contribution is -0.155. The van der Waals surface area contributed by atoms with Crippen LogP contribution in [-0.2, 0) is 27.4 Å². The van der Waals surface area contributed by atoms with E-state index in [2.05, 4.69) is 5.32 Å². The quantitative estimate of drug-likeness (QED) is 0.513. The molecule has 0 aliphatic rings. The van der Waals surface area contributed by atoms with Crippen molar-refractivity contribution in [1.29, 1.82) is 0 Å². The lowest BCUT2D eigenvalue weighted by Gasteiger charge is -2.20. The molecule has 0 fully saturated rings. The molecule has 0 spiro atoms. The zero-order chi connectivity index (χ0) is 25.9. The molecule has 2 aromatic carbocycles. The molecule has 1 N–H and O–H groups in total. The van der Waals surface area contributed by atoms with E-state index in [0.717, 1.165) is 14.7 Å². The van der Waals surface area contributed by atoms with E-state index in [0.29, 0.717) is 17.2 Å². The molecule has 35 heavy (non-hydrogen) atoms. The Morgan fingerprint density at radius 2 is 1.60 bits per heavy atom. The van der Waals surface area contributed by atoms with Gasteiger partial charge in [0.2, 0.25) is 5.91 Å². The molecule has 0 aliphatic carbocycles. The Morgan fingerprint density at radius 1 is 0.943 bits per heavy atom. The standard InChI is InChI=1S/C25H29N3O7/c1-15-11-17(20(34-6)12-19(15)33-5)26-21(29)13-27-18-10-8-7-9-16(18)23(31)28(24(27)32)14-22(30)35-25(2,3)4/h7-12H,13-14H2,1-6H3,(H,26,29). The fourth-order valence-corrected chi connectivity index (χ4v) is 3.66. The van der Waals surface area contributed by atoms with Gasteiger partial charge >= 0.3 is 11.7 Å². The van der Waals surface area contributed by atoms with Gasteiger partial charge in [-0.25, -0.2) is 9.36 Å². The number of carbonyl (C=O) groups is 2. The van der Waals surface area contributed by atoms with Crippen molar-refractivity contribution in [3.05, 3.63) is 62.8 Å². The first-order chi connectivity index (χ1) is 16.4. The lowest BCUT2D eigenvalue weighted by Crippen LogP contribution is -2.44. The molecule has 0 bridgehead atoms. The van der Waals surface area contributed by atoms with E-state index in [1.165, 1.54) is 20.3 Å². The highest BCUT2D eigenvalue weighted by Gasteiger charge is 2.21. The minimum atomic E-state index is -0.799. The Kier molecular flexibility index (Phi) is 7.33. The molecule has 1 amide bonds. The first kappa shape index (κ1) is 25.5. The van der Waals surface area contributed by atoms with E-state index < -0.39 is 41.8 Å². The van der Waals surface area contributed by atoms with Gasteiger partial charge in [-0.3, -0.25) is 19.0 Å². The first-order valence-electron chi connectivity index (χ1n) is 10.9. The highest BCUT2D eigenvalue weighted by atomic mass is 16.6. The number of fused-ring (bicyclic) bond motifs is 1. The Morgan fingerprint density at radius 3 is 2.23 bits per heavy atom. The Hall–Kier alpha value is -4.08. The van der Waals surface area contributed by atoms with Crippen LogP contribution in [0, 0.1) is 6.92 Å². The molecule has 0 unspecified atom stereocenters. The third-order valence-electron chi connectivity index (χ3n) is 5.13. The van der Waals surface area contributed by atoms with Crippen LogP contribution in [0.4, 0.5) is 5.69 Å². The van der Waals surface area contributed by atoms with Crippen molar-refractivity contribution >= 4 is 28.5 Å². The molecule has 1 heterocycles. The summed E-state index contributed by atoms with van der Waals surface area (Å²) in [6.45, 7) is 5.90. The number of carbonyl (C=O) groups excluding carboxylic acids is 2. The van der Waals surface area contributed by atoms with Crippen LogP contribution < -0.4 is 26.0 Å². The Balaban J connectivity index is 2.01. The molecule has 10 nitrogen and oxygen atoms in total. The maximum atomic E-state index is 13.3. The van der Waals surface area contributed by atoms with Crippen molar-refractivity contribution in [3.8, 4) is 11.5 Å². The molecule has 0 saturated carbocycles. The number of methoxy groups -OCH3 is 2. The van der Waals surface area contributed by atoms with Crippen LogP contribution in [-0.4, -0.2) is 40.8 Å². The van der Waals surface area contributed by atoms with E-state index >= 15 is 0 Å². The third kappa shape index (κ3) is 5.71. The number of aromatic nitrogens is 2. The largest absolute Gasteiger partial charge is 0.496 e. The van der Waals surface area contributed by atoms with Crippen LogP contribution in [0.3, 0.4) is 0 Å². The van der Waals surface area contributed by atoms with Gasteiger partial charge in [0, 0.05) is 6.07 Å². The maximum Gasteiger partial charge on any atom is 0.332 e. The number of benzene rings is 2. The number of aryl methyl sites for hydroxylation is 1. The van der Waals surface area contributed by atoms with Crippen molar-refractivity contribution in [3.63, 3.8) is 0 Å². The van der Waals surface area contributed by atoms with Gasteiger partial charge in [-0.15, -0.1) is 0 Å². The average Bonchev–Trinajstić information content (AvgIpc) is 2.78. The SMILES string of the molecule is COc1cc(OC)c(NC(=O)Cn2c(=O)n(CC(=O)OC(C)(C)C)c(=O)c3ccccc32)cc1C. The summed E-state index contributed by atoms with van der Waals surface area (Å²) in [5.74, 6) is -0.284. The second kappa shape index (κ2) is 10.0. The molecule has 0 saturated heterocycles. The van der Waals surface area contributed by atoms with Crippen LogP contribution in [0.5, 0.6) is 11.5 Å². The van der Waals surface area contributed by atoms with Gasteiger partial charge in [0.15, 0.2) is 0 Å². The summed E-state index contributed by atoms with van der Waals surface area (Å²) in [7, 11) is 2.99. The summed E-state index contributed by atoms with van der Waals surface area (Å²) >= 11 is 0. The summed E-state index contributed by atoms with van der Waals surface area (Å²) in [5.41, 5.74) is -0.775. The number of rotatable bonds is 7. The van der Waals surface area contributed by atoms with E-state index in [4.69, 9.17) is 14.2 Å². The monoisotopic (exact) mass is 483 g/mol. The van der Waals surface area contributed by atoms with Crippen molar-refractivity contribution < 1.29 is 23.8 Å². The van der Waals surface area contributed by atoms with Gasteiger partial charge in [-0.05, 0) is 51.5 Å². The fraction of sp³-hybridized carbons (Fsp3) is 0.360. The number of ether oxygens (including phenoxy) is 3. The van der Waals surface area contributed by atoms with Crippen molar-refractivity contribution in [2.24, 2.45) is 0 Å². The van der Waals surface area contributed by atoms with Gasteiger partial charge < -0.3 is 19.5 Å². The molecule has 3 rings (SSSR count). The second-order valence-electron chi connectivity index (χ2n) is 8.93.